The Kier molecular flexibility index (Phi) is 6.80. The second kappa shape index (κ2) is 8.62. The first-order chi connectivity index (χ1) is 11.4. The molecule has 0 heterocycles. The van der Waals surface area contributed by atoms with Crippen LogP contribution in [0.25, 0.3) is 0 Å². The Balaban J connectivity index is 2.00. The molecule has 1 aromatic rings. The third kappa shape index (κ3) is 5.91. The van der Waals surface area contributed by atoms with E-state index in [0.29, 0.717) is 0 Å². The summed E-state index contributed by atoms with van der Waals surface area (Å²) >= 11 is 0. The average Bonchev–Trinajstić information content (AvgIpc) is 2.76. The van der Waals surface area contributed by atoms with Crippen LogP contribution in [-0.2, 0) is 21.4 Å². The minimum Gasteiger partial charge on any atom is -0.352 e. The number of amides is 1. The van der Waals surface area contributed by atoms with Crippen molar-refractivity contribution in [1.29, 1.82) is 0 Å². The van der Waals surface area contributed by atoms with Gasteiger partial charge in [0.1, 0.15) is 0 Å². The standard InChI is InChI=1S/C18H28N2O3S/c1-15-9-7-8-10-16(15)13-20(24(2,22)23)14-18(21)19-17-11-5-3-4-6-12-17/h7-10,17H,3-6,11-14H2,1-2H3,(H,19,21). The number of hydrogen-bond donors (Lipinski definition) is 1. The van der Waals surface area contributed by atoms with E-state index in [-0.39, 0.29) is 25.0 Å². The number of nitrogens with one attached hydrogen (secondary N) is 1. The number of carbonyl (C=O) groups excluding carboxylic acids is 1. The molecule has 2 rings (SSSR count). The van der Waals surface area contributed by atoms with Crippen LogP contribution < -0.4 is 5.32 Å². The molecule has 1 saturated carbocycles. The van der Waals surface area contributed by atoms with Gasteiger partial charge in [-0.1, -0.05) is 49.9 Å². The van der Waals surface area contributed by atoms with Crippen LogP contribution in [0.5, 0.6) is 0 Å². The molecule has 1 N–H and O–H groups in total. The van der Waals surface area contributed by atoms with Gasteiger partial charge in [-0.2, -0.15) is 4.31 Å². The summed E-state index contributed by atoms with van der Waals surface area (Å²) in [5.74, 6) is -0.207. The molecule has 0 spiro atoms. The molecule has 0 bridgehead atoms. The van der Waals surface area contributed by atoms with E-state index in [4.69, 9.17) is 0 Å². The Labute approximate surface area is 145 Å². The Morgan fingerprint density at radius 3 is 2.38 bits per heavy atom. The molecule has 0 radical (unpaired) electrons. The van der Waals surface area contributed by atoms with Gasteiger partial charge >= 0.3 is 0 Å². The molecule has 1 fully saturated rings. The first-order valence-corrected chi connectivity index (χ1v) is 10.5. The smallest absolute Gasteiger partial charge is 0.235 e. The van der Waals surface area contributed by atoms with Crippen molar-refractivity contribution < 1.29 is 13.2 Å². The summed E-state index contributed by atoms with van der Waals surface area (Å²) in [4.78, 5) is 12.3. The molecule has 5 nitrogen and oxygen atoms in total. The van der Waals surface area contributed by atoms with Crippen LogP contribution in [0, 0.1) is 6.92 Å². The molecule has 0 aromatic heterocycles. The van der Waals surface area contributed by atoms with Gasteiger partial charge in [0, 0.05) is 12.6 Å². The normalized spacial score (nSPS) is 16.8. The highest BCUT2D eigenvalue weighted by molar-refractivity contribution is 7.88. The lowest BCUT2D eigenvalue weighted by Gasteiger charge is -2.22. The first kappa shape index (κ1) is 18.9. The number of carbonyl (C=O) groups is 1. The number of benzene rings is 1. The van der Waals surface area contributed by atoms with Gasteiger partial charge < -0.3 is 5.32 Å². The maximum absolute atomic E-state index is 12.3. The number of sulfonamides is 1. The van der Waals surface area contributed by atoms with Crippen molar-refractivity contribution in [1.82, 2.24) is 9.62 Å². The zero-order chi connectivity index (χ0) is 17.6. The van der Waals surface area contributed by atoms with Gasteiger partial charge in [-0.3, -0.25) is 4.79 Å². The van der Waals surface area contributed by atoms with Crippen LogP contribution >= 0.6 is 0 Å². The second-order valence-electron chi connectivity index (χ2n) is 6.71. The average molecular weight is 353 g/mol. The van der Waals surface area contributed by atoms with Crippen molar-refractivity contribution in [3.8, 4) is 0 Å². The minimum atomic E-state index is -3.45. The fourth-order valence-corrected chi connectivity index (χ4v) is 3.85. The van der Waals surface area contributed by atoms with Crippen molar-refractivity contribution in [2.24, 2.45) is 0 Å². The molecule has 0 aliphatic heterocycles. The fraction of sp³-hybridized carbons (Fsp3) is 0.611. The van der Waals surface area contributed by atoms with Crippen LogP contribution in [-0.4, -0.2) is 37.5 Å². The summed E-state index contributed by atoms with van der Waals surface area (Å²) in [5, 5.41) is 3.02. The lowest BCUT2D eigenvalue weighted by Crippen LogP contribution is -2.43. The Morgan fingerprint density at radius 1 is 1.17 bits per heavy atom. The monoisotopic (exact) mass is 352 g/mol. The van der Waals surface area contributed by atoms with Crippen LogP contribution in [0.3, 0.4) is 0 Å². The van der Waals surface area contributed by atoms with Crippen LogP contribution in [0.15, 0.2) is 24.3 Å². The highest BCUT2D eigenvalue weighted by Gasteiger charge is 2.23. The number of rotatable bonds is 6. The summed E-state index contributed by atoms with van der Waals surface area (Å²) in [7, 11) is -3.45. The Bertz CT molecular complexity index is 650. The van der Waals surface area contributed by atoms with E-state index in [9.17, 15) is 13.2 Å². The van der Waals surface area contributed by atoms with Gasteiger partial charge in [0.25, 0.3) is 0 Å². The molecule has 0 unspecified atom stereocenters. The van der Waals surface area contributed by atoms with E-state index in [0.717, 1.165) is 43.1 Å². The van der Waals surface area contributed by atoms with Crippen molar-refractivity contribution in [2.75, 3.05) is 12.8 Å². The van der Waals surface area contributed by atoms with E-state index in [1.165, 1.54) is 17.1 Å². The summed E-state index contributed by atoms with van der Waals surface area (Å²) in [6, 6.07) is 7.83. The summed E-state index contributed by atoms with van der Waals surface area (Å²) in [6.07, 6.45) is 7.83. The van der Waals surface area contributed by atoms with Crippen molar-refractivity contribution >= 4 is 15.9 Å². The van der Waals surface area contributed by atoms with E-state index >= 15 is 0 Å². The number of nitrogens with zero attached hydrogens (tertiary/aromatic N) is 1. The zero-order valence-electron chi connectivity index (χ0n) is 14.6. The molecule has 24 heavy (non-hydrogen) atoms. The van der Waals surface area contributed by atoms with Gasteiger partial charge in [-0.05, 0) is 30.9 Å². The molecule has 0 atom stereocenters. The van der Waals surface area contributed by atoms with E-state index in [1.54, 1.807) is 0 Å². The number of aryl methyl sites for hydroxylation is 1. The quantitative estimate of drug-likeness (QED) is 0.800. The lowest BCUT2D eigenvalue weighted by atomic mass is 10.1. The van der Waals surface area contributed by atoms with Gasteiger partial charge in [-0.25, -0.2) is 8.42 Å². The third-order valence-corrected chi connectivity index (χ3v) is 5.81. The molecular formula is C18H28N2O3S. The van der Waals surface area contributed by atoms with E-state index < -0.39 is 10.0 Å². The fourth-order valence-electron chi connectivity index (χ4n) is 3.13. The highest BCUT2D eigenvalue weighted by Crippen LogP contribution is 2.17. The highest BCUT2D eigenvalue weighted by atomic mass is 32.2. The van der Waals surface area contributed by atoms with Gasteiger partial charge in [0.15, 0.2) is 0 Å². The maximum atomic E-state index is 12.3. The van der Waals surface area contributed by atoms with E-state index in [1.807, 2.05) is 31.2 Å². The van der Waals surface area contributed by atoms with Gasteiger partial charge in [-0.15, -0.1) is 0 Å². The summed E-state index contributed by atoms with van der Waals surface area (Å²) < 4.78 is 25.4. The maximum Gasteiger partial charge on any atom is 0.235 e. The predicted octanol–water partition coefficient (Wildman–Crippen LogP) is 2.60. The molecule has 1 aliphatic carbocycles. The van der Waals surface area contributed by atoms with Crippen molar-refractivity contribution in [3.63, 3.8) is 0 Å². The third-order valence-electron chi connectivity index (χ3n) is 4.62. The largest absolute Gasteiger partial charge is 0.352 e. The first-order valence-electron chi connectivity index (χ1n) is 8.65. The minimum absolute atomic E-state index is 0.121. The number of hydrogen-bond acceptors (Lipinski definition) is 3. The van der Waals surface area contributed by atoms with Crippen molar-refractivity contribution in [3.05, 3.63) is 35.4 Å². The van der Waals surface area contributed by atoms with Crippen LogP contribution in [0.2, 0.25) is 0 Å². The molecule has 134 valence electrons. The zero-order valence-corrected chi connectivity index (χ0v) is 15.4. The van der Waals surface area contributed by atoms with Gasteiger partial charge in [0.05, 0.1) is 12.8 Å². The van der Waals surface area contributed by atoms with Crippen LogP contribution in [0.4, 0.5) is 0 Å². The van der Waals surface area contributed by atoms with Gasteiger partial charge in [0.2, 0.25) is 15.9 Å². The van der Waals surface area contributed by atoms with Crippen molar-refractivity contribution in [2.45, 2.75) is 58.0 Å². The Morgan fingerprint density at radius 2 is 1.79 bits per heavy atom. The van der Waals surface area contributed by atoms with Crippen LogP contribution in [0.1, 0.15) is 49.7 Å². The topological polar surface area (TPSA) is 66.5 Å². The SMILES string of the molecule is Cc1ccccc1CN(CC(=O)NC1CCCCCC1)S(C)(=O)=O. The molecule has 1 amide bonds. The summed E-state index contributed by atoms with van der Waals surface area (Å²) in [5.41, 5.74) is 1.94. The lowest BCUT2D eigenvalue weighted by molar-refractivity contribution is -0.122. The Hall–Kier alpha value is -1.40. The molecule has 0 saturated heterocycles. The second-order valence-corrected chi connectivity index (χ2v) is 8.70. The predicted molar refractivity (Wildman–Crippen MR) is 96.1 cm³/mol. The molecule has 1 aliphatic rings. The summed E-state index contributed by atoms with van der Waals surface area (Å²) in [6.45, 7) is 2.05. The molecule has 6 heteroatoms. The molecule has 1 aromatic carbocycles. The van der Waals surface area contributed by atoms with E-state index in [2.05, 4.69) is 5.32 Å². The molecular weight excluding hydrogens is 324 g/mol.